The zero-order chi connectivity index (χ0) is 12.8. The molecule has 0 spiro atoms. The van der Waals surface area contributed by atoms with E-state index in [0.29, 0.717) is 5.92 Å². The average molecular weight is 277 g/mol. The molecule has 0 aliphatic rings. The third kappa shape index (κ3) is 5.01. The molecule has 0 aliphatic heterocycles. The van der Waals surface area contributed by atoms with Crippen LogP contribution in [0.3, 0.4) is 0 Å². The minimum Gasteiger partial charge on any atom is -0.309 e. The van der Waals surface area contributed by atoms with Crippen molar-refractivity contribution in [1.29, 1.82) is 0 Å². The summed E-state index contributed by atoms with van der Waals surface area (Å²) >= 11 is 0. The second-order valence-electron chi connectivity index (χ2n) is 4.86. The van der Waals surface area contributed by atoms with E-state index in [4.69, 9.17) is 0 Å². The Balaban J connectivity index is 0.00000180. The molecule has 1 aromatic carbocycles. The highest BCUT2D eigenvalue weighted by Crippen LogP contribution is 2.14. The summed E-state index contributed by atoms with van der Waals surface area (Å²) in [7, 11) is 0. The van der Waals surface area contributed by atoms with E-state index in [9.17, 15) is 0 Å². The lowest BCUT2D eigenvalue weighted by Gasteiger charge is -2.08. The zero-order valence-corrected chi connectivity index (χ0v) is 12.3. The number of benzene rings is 1. The van der Waals surface area contributed by atoms with Gasteiger partial charge < -0.3 is 5.32 Å². The van der Waals surface area contributed by atoms with E-state index in [1.54, 1.807) is 6.20 Å². The van der Waals surface area contributed by atoms with Crippen LogP contribution in [0.15, 0.2) is 48.8 Å². The van der Waals surface area contributed by atoms with Crippen molar-refractivity contribution in [1.82, 2.24) is 10.3 Å². The van der Waals surface area contributed by atoms with Crippen molar-refractivity contribution in [3.8, 4) is 0 Å². The Morgan fingerprint density at radius 1 is 1.00 bits per heavy atom. The Morgan fingerprint density at radius 2 is 1.68 bits per heavy atom. The second-order valence-corrected chi connectivity index (χ2v) is 4.86. The predicted octanol–water partition coefficient (Wildman–Crippen LogP) is 3.92. The molecule has 3 heteroatoms. The third-order valence-corrected chi connectivity index (χ3v) is 3.03. The van der Waals surface area contributed by atoms with E-state index >= 15 is 0 Å². The van der Waals surface area contributed by atoms with Gasteiger partial charge in [0.05, 0.1) is 0 Å². The third-order valence-electron chi connectivity index (χ3n) is 3.03. The van der Waals surface area contributed by atoms with Gasteiger partial charge in [0.25, 0.3) is 0 Å². The molecule has 1 heterocycles. The van der Waals surface area contributed by atoms with E-state index in [2.05, 4.69) is 54.5 Å². The molecule has 102 valence electrons. The molecule has 1 aromatic heterocycles. The first-order chi connectivity index (χ1) is 8.75. The van der Waals surface area contributed by atoms with Crippen molar-refractivity contribution < 1.29 is 0 Å². The van der Waals surface area contributed by atoms with Gasteiger partial charge in [-0.3, -0.25) is 4.98 Å². The monoisotopic (exact) mass is 276 g/mol. The number of halogens is 1. The van der Waals surface area contributed by atoms with Crippen LogP contribution >= 0.6 is 12.4 Å². The summed E-state index contributed by atoms with van der Waals surface area (Å²) in [6, 6.07) is 12.9. The van der Waals surface area contributed by atoms with Crippen molar-refractivity contribution in [3.05, 3.63) is 65.5 Å². The Hall–Kier alpha value is -1.38. The van der Waals surface area contributed by atoms with Crippen LogP contribution in [-0.4, -0.2) is 4.98 Å². The van der Waals surface area contributed by atoms with Gasteiger partial charge in [0.15, 0.2) is 0 Å². The quantitative estimate of drug-likeness (QED) is 0.895. The van der Waals surface area contributed by atoms with E-state index in [0.717, 1.165) is 13.1 Å². The second kappa shape index (κ2) is 7.93. The molecule has 1 N–H and O–H groups in total. The van der Waals surface area contributed by atoms with Gasteiger partial charge >= 0.3 is 0 Å². The van der Waals surface area contributed by atoms with Crippen molar-refractivity contribution in [3.63, 3.8) is 0 Å². The molecule has 2 rings (SSSR count). The van der Waals surface area contributed by atoms with Crippen LogP contribution in [0.4, 0.5) is 0 Å². The number of pyridine rings is 1. The molecule has 19 heavy (non-hydrogen) atoms. The molecule has 2 nitrogen and oxygen atoms in total. The molecule has 0 fully saturated rings. The SMILES string of the molecule is CC(C)c1ccc(CNCc2cccnc2)cc1.Cl. The summed E-state index contributed by atoms with van der Waals surface area (Å²) in [5.41, 5.74) is 3.94. The molecule has 0 saturated heterocycles. The largest absolute Gasteiger partial charge is 0.309 e. The van der Waals surface area contributed by atoms with Crippen molar-refractivity contribution in [2.45, 2.75) is 32.9 Å². The highest BCUT2D eigenvalue weighted by molar-refractivity contribution is 5.85. The summed E-state index contributed by atoms with van der Waals surface area (Å²) in [4.78, 5) is 4.10. The van der Waals surface area contributed by atoms with Crippen LogP contribution in [0, 0.1) is 0 Å². The summed E-state index contributed by atoms with van der Waals surface area (Å²) in [5.74, 6) is 0.599. The summed E-state index contributed by atoms with van der Waals surface area (Å²) in [6.45, 7) is 6.19. The zero-order valence-electron chi connectivity index (χ0n) is 11.5. The van der Waals surface area contributed by atoms with Gasteiger partial charge in [0, 0.05) is 25.5 Å². The number of nitrogens with zero attached hydrogens (tertiary/aromatic N) is 1. The number of nitrogens with one attached hydrogen (secondary N) is 1. The molecule has 0 saturated carbocycles. The smallest absolute Gasteiger partial charge is 0.0312 e. The lowest BCUT2D eigenvalue weighted by Crippen LogP contribution is -2.12. The van der Waals surface area contributed by atoms with Crippen LogP contribution in [0.5, 0.6) is 0 Å². The molecule has 0 radical (unpaired) electrons. The van der Waals surface area contributed by atoms with Crippen LogP contribution in [0.25, 0.3) is 0 Å². The minimum atomic E-state index is 0. The lowest BCUT2D eigenvalue weighted by atomic mass is 10.0. The fraction of sp³-hybridized carbons (Fsp3) is 0.312. The van der Waals surface area contributed by atoms with E-state index in [1.165, 1.54) is 16.7 Å². The number of rotatable bonds is 5. The van der Waals surface area contributed by atoms with Gasteiger partial charge in [-0.1, -0.05) is 44.2 Å². The van der Waals surface area contributed by atoms with Gasteiger partial charge in [0.1, 0.15) is 0 Å². The highest BCUT2D eigenvalue weighted by atomic mass is 35.5. The molecule has 0 atom stereocenters. The fourth-order valence-electron chi connectivity index (χ4n) is 1.87. The summed E-state index contributed by atoms with van der Waals surface area (Å²) < 4.78 is 0. The van der Waals surface area contributed by atoms with Crippen molar-refractivity contribution in [2.24, 2.45) is 0 Å². The first-order valence-electron chi connectivity index (χ1n) is 6.44. The number of hydrogen-bond donors (Lipinski definition) is 1. The molecule has 0 aliphatic carbocycles. The summed E-state index contributed by atoms with van der Waals surface area (Å²) in [6.07, 6.45) is 3.70. The summed E-state index contributed by atoms with van der Waals surface area (Å²) in [5, 5.41) is 3.43. The van der Waals surface area contributed by atoms with Gasteiger partial charge in [-0.15, -0.1) is 12.4 Å². The Morgan fingerprint density at radius 3 is 2.26 bits per heavy atom. The van der Waals surface area contributed by atoms with Crippen molar-refractivity contribution >= 4 is 12.4 Å². The predicted molar refractivity (Wildman–Crippen MR) is 82.6 cm³/mol. The van der Waals surface area contributed by atoms with Gasteiger partial charge in [0.2, 0.25) is 0 Å². The molecular formula is C16H21ClN2. The molecular weight excluding hydrogens is 256 g/mol. The van der Waals surface area contributed by atoms with E-state index < -0.39 is 0 Å². The Labute approximate surface area is 121 Å². The number of aromatic nitrogens is 1. The first kappa shape index (κ1) is 15.7. The normalized spacial score (nSPS) is 10.3. The lowest BCUT2D eigenvalue weighted by molar-refractivity contribution is 0.691. The first-order valence-corrected chi connectivity index (χ1v) is 6.44. The molecule has 0 bridgehead atoms. The Kier molecular flexibility index (Phi) is 6.54. The molecule has 2 aromatic rings. The number of hydrogen-bond acceptors (Lipinski definition) is 2. The van der Waals surface area contributed by atoms with Gasteiger partial charge in [-0.05, 0) is 28.7 Å². The maximum Gasteiger partial charge on any atom is 0.0312 e. The molecule has 0 unspecified atom stereocenters. The van der Waals surface area contributed by atoms with E-state index in [-0.39, 0.29) is 12.4 Å². The molecule has 0 amide bonds. The average Bonchev–Trinajstić information content (AvgIpc) is 2.40. The Bertz CT molecular complexity index is 466. The van der Waals surface area contributed by atoms with Crippen LogP contribution in [-0.2, 0) is 13.1 Å². The van der Waals surface area contributed by atoms with Gasteiger partial charge in [-0.25, -0.2) is 0 Å². The van der Waals surface area contributed by atoms with Crippen LogP contribution in [0.2, 0.25) is 0 Å². The van der Waals surface area contributed by atoms with E-state index in [1.807, 2.05) is 12.3 Å². The maximum absolute atomic E-state index is 4.10. The van der Waals surface area contributed by atoms with Crippen LogP contribution in [0.1, 0.15) is 36.5 Å². The van der Waals surface area contributed by atoms with Gasteiger partial charge in [-0.2, -0.15) is 0 Å². The van der Waals surface area contributed by atoms with Crippen LogP contribution < -0.4 is 5.32 Å². The standard InChI is InChI=1S/C16H20N2.ClH/c1-13(2)16-7-5-14(6-8-16)10-18-12-15-4-3-9-17-11-15;/h3-9,11,13,18H,10,12H2,1-2H3;1H. The highest BCUT2D eigenvalue weighted by Gasteiger charge is 1.99. The minimum absolute atomic E-state index is 0. The fourth-order valence-corrected chi connectivity index (χ4v) is 1.87. The van der Waals surface area contributed by atoms with Crippen molar-refractivity contribution in [2.75, 3.05) is 0 Å². The maximum atomic E-state index is 4.10. The topological polar surface area (TPSA) is 24.9 Å².